The van der Waals surface area contributed by atoms with E-state index in [0.717, 1.165) is 0 Å². The van der Waals surface area contributed by atoms with Crippen molar-refractivity contribution in [3.63, 3.8) is 0 Å². The van der Waals surface area contributed by atoms with E-state index < -0.39 is 0 Å². The van der Waals surface area contributed by atoms with E-state index >= 15 is 0 Å². The maximum absolute atomic E-state index is 3.52. The van der Waals surface area contributed by atoms with E-state index in [2.05, 4.69) is 83.4 Å². The number of fused-ring (bicyclic) bond motifs is 3. The molecule has 0 aliphatic carbocycles. The quantitative estimate of drug-likeness (QED) is 0.291. The van der Waals surface area contributed by atoms with Gasteiger partial charge in [-0.05, 0) is 70.8 Å². The van der Waals surface area contributed by atoms with Crippen molar-refractivity contribution in [1.82, 2.24) is 9.97 Å². The Morgan fingerprint density at radius 3 is 1.57 bits per heavy atom. The Morgan fingerprint density at radius 1 is 0.714 bits per heavy atom. The van der Waals surface area contributed by atoms with Crippen LogP contribution in [0.2, 0.25) is 0 Å². The zero-order valence-corrected chi connectivity index (χ0v) is 17.2. The molecular formula is C24H22N2S2. The highest BCUT2D eigenvalue weighted by molar-refractivity contribution is 7.14. The number of hydrogen-bond acceptors (Lipinski definition) is 2. The molecule has 2 aromatic carbocycles. The van der Waals surface area contributed by atoms with E-state index in [-0.39, 0.29) is 2.85 Å². The second kappa shape index (κ2) is 5.84. The van der Waals surface area contributed by atoms with Crippen molar-refractivity contribution in [2.45, 2.75) is 13.8 Å². The van der Waals surface area contributed by atoms with E-state index in [9.17, 15) is 0 Å². The summed E-state index contributed by atoms with van der Waals surface area (Å²) in [4.78, 5) is 9.67. The van der Waals surface area contributed by atoms with Crippen molar-refractivity contribution in [2.75, 3.05) is 0 Å². The number of H-pyrrole nitrogens is 2. The monoisotopic (exact) mass is 402 g/mol. The summed E-state index contributed by atoms with van der Waals surface area (Å²) in [5.74, 6) is 0. The SMILES string of the molecule is Cc1c2cc3[nH]cc(-c4cccs4)c3c(C)c2cc2[nH]cc(-c3cccs3)c12.[HH].[HH]. The van der Waals surface area contributed by atoms with Crippen LogP contribution in [0.25, 0.3) is 53.5 Å². The molecule has 0 atom stereocenters. The number of aryl methyl sites for hydroxylation is 2. The zero-order chi connectivity index (χ0) is 18.8. The lowest BCUT2D eigenvalue weighted by molar-refractivity contribution is 1.47. The van der Waals surface area contributed by atoms with Crippen molar-refractivity contribution in [3.8, 4) is 20.9 Å². The molecule has 4 aromatic heterocycles. The van der Waals surface area contributed by atoms with Crippen molar-refractivity contribution >= 4 is 55.3 Å². The van der Waals surface area contributed by atoms with Crippen LogP contribution in [0, 0.1) is 13.8 Å². The van der Waals surface area contributed by atoms with Crippen LogP contribution in [0.1, 0.15) is 14.0 Å². The van der Waals surface area contributed by atoms with E-state index in [1.165, 1.54) is 64.6 Å². The summed E-state index contributed by atoms with van der Waals surface area (Å²) in [6, 6.07) is 13.3. The number of nitrogens with one attached hydrogen (secondary N) is 2. The van der Waals surface area contributed by atoms with Gasteiger partial charge < -0.3 is 9.97 Å². The van der Waals surface area contributed by atoms with Crippen molar-refractivity contribution < 1.29 is 2.85 Å². The molecule has 0 saturated heterocycles. The van der Waals surface area contributed by atoms with Crippen LogP contribution in [0.3, 0.4) is 0 Å². The van der Waals surface area contributed by atoms with Crippen LogP contribution in [0.4, 0.5) is 0 Å². The Bertz CT molecular complexity index is 1360. The lowest BCUT2D eigenvalue weighted by Gasteiger charge is -2.11. The summed E-state index contributed by atoms with van der Waals surface area (Å²) in [6.45, 7) is 4.51. The average molecular weight is 403 g/mol. The minimum atomic E-state index is 0. The van der Waals surface area contributed by atoms with E-state index in [1.807, 2.05) is 0 Å². The molecule has 0 aliphatic heterocycles. The summed E-state index contributed by atoms with van der Waals surface area (Å²) in [5.41, 5.74) is 7.71. The predicted octanol–water partition coefficient (Wildman–Crippen LogP) is 8.37. The molecule has 6 aromatic rings. The Balaban J connectivity index is 0.00000109. The van der Waals surface area contributed by atoms with Crippen molar-refractivity contribution in [1.29, 1.82) is 0 Å². The third-order valence-electron chi connectivity index (χ3n) is 5.82. The highest BCUT2D eigenvalue weighted by Gasteiger charge is 2.17. The van der Waals surface area contributed by atoms with Crippen molar-refractivity contribution in [2.24, 2.45) is 0 Å². The molecule has 0 aliphatic rings. The lowest BCUT2D eigenvalue weighted by atomic mass is 9.93. The molecule has 4 heteroatoms. The summed E-state index contributed by atoms with van der Waals surface area (Å²) in [6.07, 6.45) is 4.31. The van der Waals surface area contributed by atoms with Crippen LogP contribution in [0.5, 0.6) is 0 Å². The fourth-order valence-electron chi connectivity index (χ4n) is 4.50. The number of rotatable bonds is 2. The van der Waals surface area contributed by atoms with Gasteiger partial charge in [0.2, 0.25) is 0 Å². The van der Waals surface area contributed by atoms with Gasteiger partial charge in [-0.1, -0.05) is 12.1 Å². The van der Waals surface area contributed by atoms with Gasteiger partial charge in [0.15, 0.2) is 0 Å². The Labute approximate surface area is 173 Å². The molecule has 6 rings (SSSR count). The minimum Gasteiger partial charge on any atom is -0.360 e. The highest BCUT2D eigenvalue weighted by Crippen LogP contribution is 2.42. The maximum atomic E-state index is 3.52. The molecule has 0 radical (unpaired) electrons. The Hall–Kier alpha value is -2.82. The van der Waals surface area contributed by atoms with E-state index in [0.29, 0.717) is 0 Å². The van der Waals surface area contributed by atoms with Crippen LogP contribution in [-0.2, 0) is 0 Å². The molecule has 28 heavy (non-hydrogen) atoms. The van der Waals surface area contributed by atoms with Crippen LogP contribution in [-0.4, -0.2) is 9.97 Å². The summed E-state index contributed by atoms with van der Waals surface area (Å²) in [5, 5.41) is 9.61. The maximum Gasteiger partial charge on any atom is 0.0469 e. The molecule has 0 fully saturated rings. The molecule has 140 valence electrons. The largest absolute Gasteiger partial charge is 0.360 e. The predicted molar refractivity (Wildman–Crippen MR) is 128 cm³/mol. The molecule has 0 amide bonds. The van der Waals surface area contributed by atoms with Crippen molar-refractivity contribution in [3.05, 3.63) is 70.7 Å². The van der Waals surface area contributed by atoms with Gasteiger partial charge in [0, 0.05) is 57.9 Å². The van der Waals surface area contributed by atoms with Gasteiger partial charge in [-0.15, -0.1) is 22.7 Å². The molecule has 2 N–H and O–H groups in total. The van der Waals surface area contributed by atoms with Crippen LogP contribution in [0.15, 0.2) is 59.6 Å². The third-order valence-corrected chi connectivity index (χ3v) is 7.63. The molecular weight excluding hydrogens is 380 g/mol. The zero-order valence-electron chi connectivity index (χ0n) is 15.6. The number of aromatic nitrogens is 2. The number of hydrogen-bond donors (Lipinski definition) is 2. The number of thiophene rings is 2. The molecule has 0 spiro atoms. The molecule has 4 heterocycles. The molecule has 0 unspecified atom stereocenters. The van der Waals surface area contributed by atoms with Crippen LogP contribution >= 0.6 is 22.7 Å². The average Bonchev–Trinajstić information content (AvgIpc) is 3.48. The second-order valence-electron chi connectivity index (χ2n) is 7.30. The number of benzene rings is 2. The second-order valence-corrected chi connectivity index (χ2v) is 9.20. The number of aromatic amines is 2. The van der Waals surface area contributed by atoms with Gasteiger partial charge in [-0.2, -0.15) is 0 Å². The van der Waals surface area contributed by atoms with Gasteiger partial charge in [-0.25, -0.2) is 0 Å². The highest BCUT2D eigenvalue weighted by atomic mass is 32.1. The first-order chi connectivity index (χ1) is 13.7. The van der Waals surface area contributed by atoms with Gasteiger partial charge >= 0.3 is 0 Å². The van der Waals surface area contributed by atoms with E-state index in [1.54, 1.807) is 22.7 Å². The molecule has 0 saturated carbocycles. The third kappa shape index (κ3) is 2.13. The lowest BCUT2D eigenvalue weighted by Crippen LogP contribution is -1.87. The summed E-state index contributed by atoms with van der Waals surface area (Å²) >= 11 is 3.58. The van der Waals surface area contributed by atoms with Crippen LogP contribution < -0.4 is 0 Å². The van der Waals surface area contributed by atoms with Gasteiger partial charge in [0.1, 0.15) is 0 Å². The topological polar surface area (TPSA) is 31.6 Å². The van der Waals surface area contributed by atoms with Gasteiger partial charge in [0.05, 0.1) is 0 Å². The van der Waals surface area contributed by atoms with Gasteiger partial charge in [-0.3, -0.25) is 0 Å². The Morgan fingerprint density at radius 2 is 1.18 bits per heavy atom. The molecule has 2 nitrogen and oxygen atoms in total. The smallest absolute Gasteiger partial charge is 0.0469 e. The first kappa shape index (κ1) is 16.2. The van der Waals surface area contributed by atoms with E-state index in [4.69, 9.17) is 0 Å². The fourth-order valence-corrected chi connectivity index (χ4v) is 6.00. The molecule has 0 bridgehead atoms. The summed E-state index contributed by atoms with van der Waals surface area (Å²) in [7, 11) is 0. The fraction of sp³-hybridized carbons (Fsp3) is 0.0833. The first-order valence-electron chi connectivity index (χ1n) is 9.35. The standard InChI is InChI=1S/C24H18N2S2.2H2/c1-13-15-9-20-24(18(12-26-20)22-6-4-8-28-22)14(2)16(15)10-19-23(13)17(11-25-19)21-5-3-7-27-21;;/h3-12,25-26H,1-2H3;2*1H. The normalized spacial score (nSPS) is 11.9. The minimum absolute atomic E-state index is 0. The van der Waals surface area contributed by atoms with Gasteiger partial charge in [0.25, 0.3) is 0 Å². The Kier molecular flexibility index (Phi) is 3.37. The first-order valence-corrected chi connectivity index (χ1v) is 11.1. The summed E-state index contributed by atoms with van der Waals surface area (Å²) < 4.78 is 0.